The number of hydrogen-bond acceptors (Lipinski definition) is 6. The number of Topliss-reactive ketones (excluding diaryl/α,β-unsaturated/α-hetero) is 1. The summed E-state index contributed by atoms with van der Waals surface area (Å²) in [6.07, 6.45) is -1.05. The van der Waals surface area contributed by atoms with Crippen LogP contribution in [0.3, 0.4) is 0 Å². The Morgan fingerprint density at radius 2 is 1.72 bits per heavy atom. The number of nitro benzene ring substituents is 1. The van der Waals surface area contributed by atoms with Gasteiger partial charge in [-0.2, -0.15) is 0 Å². The zero-order chi connectivity index (χ0) is 18.6. The van der Waals surface area contributed by atoms with Crippen LogP contribution in [-0.2, 0) is 4.74 Å². The van der Waals surface area contributed by atoms with Crippen LogP contribution in [0.15, 0.2) is 42.5 Å². The Labute approximate surface area is 142 Å². The van der Waals surface area contributed by atoms with Crippen LogP contribution >= 0.6 is 0 Å². The van der Waals surface area contributed by atoms with Crippen LogP contribution < -0.4 is 4.74 Å². The molecule has 0 unspecified atom stereocenters. The zero-order valence-electron chi connectivity index (χ0n) is 13.4. The monoisotopic (exact) mass is 347 g/mol. The molecule has 25 heavy (non-hydrogen) atoms. The van der Waals surface area contributed by atoms with E-state index in [2.05, 4.69) is 4.74 Å². The molecular weight excluding hydrogens is 333 g/mol. The Bertz CT molecular complexity index is 818. The van der Waals surface area contributed by atoms with Crippen molar-refractivity contribution in [2.45, 2.75) is 13.0 Å². The number of nitro groups is 1. The first-order valence-electron chi connectivity index (χ1n) is 7.16. The van der Waals surface area contributed by atoms with Gasteiger partial charge in [-0.15, -0.1) is 0 Å². The molecule has 2 rings (SSSR count). The summed E-state index contributed by atoms with van der Waals surface area (Å²) < 4.78 is 22.8. The highest BCUT2D eigenvalue weighted by atomic mass is 19.1. The Kier molecular flexibility index (Phi) is 5.43. The van der Waals surface area contributed by atoms with E-state index in [-0.39, 0.29) is 16.9 Å². The quantitative estimate of drug-likeness (QED) is 0.345. The number of nitrogens with zero attached hydrogens (tertiary/aromatic N) is 1. The summed E-state index contributed by atoms with van der Waals surface area (Å²) >= 11 is 0. The third-order valence-electron chi connectivity index (χ3n) is 3.38. The van der Waals surface area contributed by atoms with E-state index in [0.29, 0.717) is 0 Å². The molecule has 8 heteroatoms. The maximum atomic E-state index is 12.9. The van der Waals surface area contributed by atoms with Gasteiger partial charge in [-0.05, 0) is 43.3 Å². The Morgan fingerprint density at radius 3 is 2.28 bits per heavy atom. The molecule has 2 aromatic carbocycles. The SMILES string of the molecule is COC(=O)c1ccc(O[C@@H](C)C(=O)c2ccc(F)cc2)c([N+](=O)[O-])c1. The highest BCUT2D eigenvalue weighted by Gasteiger charge is 2.24. The number of esters is 1. The number of rotatable bonds is 6. The van der Waals surface area contributed by atoms with Gasteiger partial charge >= 0.3 is 11.7 Å². The molecule has 0 heterocycles. The van der Waals surface area contributed by atoms with E-state index in [0.717, 1.165) is 25.3 Å². The normalized spacial score (nSPS) is 11.5. The van der Waals surface area contributed by atoms with Crippen molar-refractivity contribution in [3.63, 3.8) is 0 Å². The van der Waals surface area contributed by atoms with Crippen molar-refractivity contribution >= 4 is 17.4 Å². The maximum absolute atomic E-state index is 12.9. The number of carbonyl (C=O) groups excluding carboxylic acids is 2. The van der Waals surface area contributed by atoms with E-state index >= 15 is 0 Å². The topological polar surface area (TPSA) is 95.7 Å². The van der Waals surface area contributed by atoms with Gasteiger partial charge in [-0.25, -0.2) is 9.18 Å². The van der Waals surface area contributed by atoms with Crippen molar-refractivity contribution in [1.29, 1.82) is 0 Å². The number of carbonyl (C=O) groups is 2. The van der Waals surface area contributed by atoms with Crippen molar-refractivity contribution < 1.29 is 28.4 Å². The molecule has 130 valence electrons. The third-order valence-corrected chi connectivity index (χ3v) is 3.38. The van der Waals surface area contributed by atoms with Gasteiger partial charge in [-0.1, -0.05) is 0 Å². The fourth-order valence-electron chi connectivity index (χ4n) is 2.10. The second-order valence-electron chi connectivity index (χ2n) is 5.06. The molecule has 2 aromatic rings. The molecule has 0 aliphatic heterocycles. The van der Waals surface area contributed by atoms with Crippen LogP contribution in [0.2, 0.25) is 0 Å². The molecule has 0 saturated carbocycles. The summed E-state index contributed by atoms with van der Waals surface area (Å²) in [6.45, 7) is 1.42. The fourth-order valence-corrected chi connectivity index (χ4v) is 2.10. The van der Waals surface area contributed by atoms with Crippen molar-refractivity contribution in [3.05, 3.63) is 69.5 Å². The average molecular weight is 347 g/mol. The summed E-state index contributed by atoms with van der Waals surface area (Å²) in [5.74, 6) is -1.85. The largest absolute Gasteiger partial charge is 0.475 e. The van der Waals surface area contributed by atoms with Gasteiger partial charge in [0, 0.05) is 11.6 Å². The van der Waals surface area contributed by atoms with E-state index in [1.54, 1.807) is 0 Å². The van der Waals surface area contributed by atoms with Crippen LogP contribution in [0.25, 0.3) is 0 Å². The minimum Gasteiger partial charge on any atom is -0.475 e. The number of ketones is 1. The van der Waals surface area contributed by atoms with Crippen LogP contribution in [-0.4, -0.2) is 29.9 Å². The first-order valence-corrected chi connectivity index (χ1v) is 7.16. The molecule has 0 amide bonds. The predicted molar refractivity (Wildman–Crippen MR) is 85.3 cm³/mol. The van der Waals surface area contributed by atoms with Crippen LogP contribution in [0.1, 0.15) is 27.6 Å². The third kappa shape index (κ3) is 4.17. The second-order valence-corrected chi connectivity index (χ2v) is 5.06. The first kappa shape index (κ1) is 18.1. The maximum Gasteiger partial charge on any atom is 0.338 e. The molecule has 7 nitrogen and oxygen atoms in total. The van der Waals surface area contributed by atoms with Crippen molar-refractivity contribution in [1.82, 2.24) is 0 Å². The molecule has 0 aromatic heterocycles. The first-order chi connectivity index (χ1) is 11.8. The summed E-state index contributed by atoms with van der Waals surface area (Å²) in [4.78, 5) is 34.2. The number of ether oxygens (including phenoxy) is 2. The van der Waals surface area contributed by atoms with E-state index in [4.69, 9.17) is 4.74 Å². The molecule has 0 bridgehead atoms. The lowest BCUT2D eigenvalue weighted by atomic mass is 10.1. The van der Waals surface area contributed by atoms with E-state index in [1.807, 2.05) is 0 Å². The summed E-state index contributed by atoms with van der Waals surface area (Å²) in [7, 11) is 1.15. The number of hydrogen-bond donors (Lipinski definition) is 0. The minimum atomic E-state index is -1.05. The lowest BCUT2D eigenvalue weighted by Crippen LogP contribution is -2.24. The van der Waals surface area contributed by atoms with E-state index in [9.17, 15) is 24.1 Å². The summed E-state index contributed by atoms with van der Waals surface area (Å²) in [5, 5.41) is 11.2. The molecule has 1 atom stereocenters. The fraction of sp³-hybridized carbons (Fsp3) is 0.176. The standard InChI is InChI=1S/C17H14FNO6/c1-10(16(20)11-3-6-13(18)7-4-11)25-15-8-5-12(17(21)24-2)9-14(15)19(22)23/h3-10H,1-2H3/t10-/m0/s1. The molecular formula is C17H14FNO6. The van der Waals surface area contributed by atoms with E-state index < -0.39 is 34.3 Å². The van der Waals surface area contributed by atoms with Crippen LogP contribution in [0.5, 0.6) is 5.75 Å². The predicted octanol–water partition coefficient (Wildman–Crippen LogP) is 3.17. The number of benzene rings is 2. The highest BCUT2D eigenvalue weighted by Crippen LogP contribution is 2.29. The molecule has 0 spiro atoms. The van der Waals surface area contributed by atoms with Crippen molar-refractivity contribution in [2.24, 2.45) is 0 Å². The zero-order valence-corrected chi connectivity index (χ0v) is 13.4. The number of halogens is 1. The van der Waals surface area contributed by atoms with Crippen molar-refractivity contribution in [3.8, 4) is 5.75 Å². The summed E-state index contributed by atoms with van der Waals surface area (Å²) in [6, 6.07) is 8.39. The van der Waals surface area contributed by atoms with Gasteiger partial charge in [0.25, 0.3) is 0 Å². The van der Waals surface area contributed by atoms with Gasteiger partial charge in [0.15, 0.2) is 11.9 Å². The lowest BCUT2D eigenvalue weighted by molar-refractivity contribution is -0.386. The molecule has 0 fully saturated rings. The second kappa shape index (κ2) is 7.52. The lowest BCUT2D eigenvalue weighted by Gasteiger charge is -2.14. The van der Waals surface area contributed by atoms with Gasteiger partial charge in [0.2, 0.25) is 5.78 Å². The number of methoxy groups -OCH3 is 1. The Hall–Kier alpha value is -3.29. The molecule has 0 N–H and O–H groups in total. The molecule has 0 radical (unpaired) electrons. The molecule has 0 saturated heterocycles. The van der Waals surface area contributed by atoms with E-state index in [1.165, 1.54) is 31.2 Å². The van der Waals surface area contributed by atoms with Crippen LogP contribution in [0.4, 0.5) is 10.1 Å². The van der Waals surface area contributed by atoms with Gasteiger partial charge in [0.05, 0.1) is 17.6 Å². The van der Waals surface area contributed by atoms with Gasteiger partial charge in [-0.3, -0.25) is 14.9 Å². The Morgan fingerprint density at radius 1 is 1.12 bits per heavy atom. The minimum absolute atomic E-state index is 0.0148. The average Bonchev–Trinajstić information content (AvgIpc) is 2.61. The Balaban J connectivity index is 2.26. The van der Waals surface area contributed by atoms with Gasteiger partial charge in [0.1, 0.15) is 5.82 Å². The van der Waals surface area contributed by atoms with Gasteiger partial charge < -0.3 is 9.47 Å². The van der Waals surface area contributed by atoms with Crippen molar-refractivity contribution in [2.75, 3.05) is 7.11 Å². The molecule has 0 aliphatic rings. The van der Waals surface area contributed by atoms with Crippen LogP contribution in [0, 0.1) is 15.9 Å². The highest BCUT2D eigenvalue weighted by molar-refractivity contribution is 5.99. The molecule has 0 aliphatic carbocycles. The summed E-state index contributed by atoms with van der Waals surface area (Å²) in [5.41, 5.74) is -0.275. The smallest absolute Gasteiger partial charge is 0.338 e.